The second kappa shape index (κ2) is 6.29. The second-order valence-corrected chi connectivity index (χ2v) is 6.07. The molecular weight excluding hydrogens is 280 g/mol. The minimum Gasteiger partial charge on any atom is -0.493 e. The van der Waals surface area contributed by atoms with Gasteiger partial charge in [-0.1, -0.05) is 30.3 Å². The molecule has 0 bridgehead atoms. The topological polar surface area (TPSA) is 29.5 Å². The van der Waals surface area contributed by atoms with Crippen molar-refractivity contribution < 1.29 is 9.84 Å². The molecule has 1 aromatic heterocycles. The molecule has 0 amide bonds. The zero-order valence-corrected chi connectivity index (χ0v) is 12.8. The Hall–Kier alpha value is -1.84. The first-order valence-electron chi connectivity index (χ1n) is 7.08. The lowest BCUT2D eigenvalue weighted by Gasteiger charge is -2.13. The zero-order valence-electron chi connectivity index (χ0n) is 12.0. The van der Waals surface area contributed by atoms with Crippen molar-refractivity contribution in [1.82, 2.24) is 0 Å². The Morgan fingerprint density at radius 3 is 2.86 bits per heavy atom. The summed E-state index contributed by atoms with van der Waals surface area (Å²) in [5.41, 5.74) is 2.17. The van der Waals surface area contributed by atoms with Crippen LogP contribution in [0.5, 0.6) is 5.75 Å². The summed E-state index contributed by atoms with van der Waals surface area (Å²) in [4.78, 5) is 0. The van der Waals surface area contributed by atoms with Crippen molar-refractivity contribution in [2.75, 3.05) is 6.61 Å². The van der Waals surface area contributed by atoms with Gasteiger partial charge in [-0.15, -0.1) is 11.3 Å². The van der Waals surface area contributed by atoms with E-state index < -0.39 is 6.10 Å². The van der Waals surface area contributed by atoms with Gasteiger partial charge in [0.05, 0.1) is 12.7 Å². The maximum atomic E-state index is 10.4. The van der Waals surface area contributed by atoms with Crippen molar-refractivity contribution in [2.24, 2.45) is 0 Å². The van der Waals surface area contributed by atoms with Gasteiger partial charge in [-0.3, -0.25) is 0 Å². The number of aliphatic hydroxyl groups excluding tert-OH is 1. The minimum absolute atomic E-state index is 0.489. The monoisotopic (exact) mass is 298 g/mol. The maximum Gasteiger partial charge on any atom is 0.119 e. The number of rotatable bonds is 5. The summed E-state index contributed by atoms with van der Waals surface area (Å²) < 4.78 is 6.88. The van der Waals surface area contributed by atoms with Crippen LogP contribution < -0.4 is 4.74 Å². The first-order valence-corrected chi connectivity index (χ1v) is 7.95. The number of benzene rings is 2. The van der Waals surface area contributed by atoms with Crippen LogP contribution in [0.3, 0.4) is 0 Å². The highest BCUT2D eigenvalue weighted by molar-refractivity contribution is 7.17. The molecule has 0 aliphatic rings. The summed E-state index contributed by atoms with van der Waals surface area (Å²) in [6.07, 6.45) is 0.0995. The molecule has 1 N–H and O–H groups in total. The third-order valence-corrected chi connectivity index (χ3v) is 4.50. The van der Waals surface area contributed by atoms with Crippen molar-refractivity contribution in [3.05, 3.63) is 65.0 Å². The van der Waals surface area contributed by atoms with Crippen LogP contribution >= 0.6 is 11.3 Å². The Bertz CT molecular complexity index is 733. The summed E-state index contributed by atoms with van der Waals surface area (Å²) >= 11 is 1.67. The van der Waals surface area contributed by atoms with Crippen molar-refractivity contribution in [1.29, 1.82) is 0 Å². The van der Waals surface area contributed by atoms with Crippen LogP contribution in [0.25, 0.3) is 10.1 Å². The van der Waals surface area contributed by atoms with Crippen LogP contribution in [0.2, 0.25) is 0 Å². The largest absolute Gasteiger partial charge is 0.493 e. The Morgan fingerprint density at radius 2 is 2.00 bits per heavy atom. The third-order valence-electron chi connectivity index (χ3n) is 3.52. The van der Waals surface area contributed by atoms with E-state index in [0.29, 0.717) is 13.0 Å². The van der Waals surface area contributed by atoms with Crippen LogP contribution in [-0.2, 0) is 0 Å². The molecule has 108 valence electrons. The standard InChI is InChI=1S/C18H18O2S/c1-13-4-2-6-15(12-13)20-10-8-17(19)16-7-3-5-14-9-11-21-18(14)16/h2-7,9,11-12,17,19H,8,10H2,1H3. The fourth-order valence-corrected chi connectivity index (χ4v) is 3.39. The number of aryl methyl sites for hydroxylation is 1. The molecule has 2 nitrogen and oxygen atoms in total. The number of ether oxygens (including phenoxy) is 1. The van der Waals surface area contributed by atoms with Crippen molar-refractivity contribution in [3.8, 4) is 5.75 Å². The van der Waals surface area contributed by atoms with E-state index in [9.17, 15) is 5.11 Å². The smallest absolute Gasteiger partial charge is 0.119 e. The molecule has 2 aromatic carbocycles. The number of fused-ring (bicyclic) bond motifs is 1. The van der Waals surface area contributed by atoms with Gasteiger partial charge in [0.2, 0.25) is 0 Å². The van der Waals surface area contributed by atoms with Gasteiger partial charge < -0.3 is 9.84 Å². The van der Waals surface area contributed by atoms with Gasteiger partial charge in [-0.05, 0) is 47.0 Å². The molecular formula is C18H18O2S. The lowest BCUT2D eigenvalue weighted by Crippen LogP contribution is -2.05. The third kappa shape index (κ3) is 3.26. The van der Waals surface area contributed by atoms with Crippen molar-refractivity contribution >= 4 is 21.4 Å². The molecule has 0 saturated carbocycles. The van der Waals surface area contributed by atoms with Gasteiger partial charge in [0.15, 0.2) is 0 Å². The van der Waals surface area contributed by atoms with E-state index in [0.717, 1.165) is 11.3 Å². The van der Waals surface area contributed by atoms with Crippen LogP contribution in [0.1, 0.15) is 23.7 Å². The molecule has 0 spiro atoms. The van der Waals surface area contributed by atoms with Crippen molar-refractivity contribution in [3.63, 3.8) is 0 Å². The predicted molar refractivity (Wildman–Crippen MR) is 88.1 cm³/mol. The normalized spacial score (nSPS) is 12.5. The zero-order chi connectivity index (χ0) is 14.7. The van der Waals surface area contributed by atoms with E-state index >= 15 is 0 Å². The lowest BCUT2D eigenvalue weighted by atomic mass is 10.1. The summed E-state index contributed by atoms with van der Waals surface area (Å²) in [6.45, 7) is 2.55. The van der Waals surface area contributed by atoms with Gasteiger partial charge in [0.1, 0.15) is 5.75 Å². The van der Waals surface area contributed by atoms with Crippen LogP contribution in [0.4, 0.5) is 0 Å². The van der Waals surface area contributed by atoms with E-state index in [-0.39, 0.29) is 0 Å². The van der Waals surface area contributed by atoms with E-state index in [2.05, 4.69) is 17.5 Å². The first kappa shape index (κ1) is 14.1. The molecule has 0 saturated heterocycles. The SMILES string of the molecule is Cc1cccc(OCCC(O)c2cccc3ccsc23)c1. The van der Waals surface area contributed by atoms with Crippen LogP contribution in [0, 0.1) is 6.92 Å². The Morgan fingerprint density at radius 1 is 1.14 bits per heavy atom. The Balaban J connectivity index is 1.64. The van der Waals surface area contributed by atoms with Gasteiger partial charge in [0, 0.05) is 11.1 Å². The van der Waals surface area contributed by atoms with Gasteiger partial charge in [-0.2, -0.15) is 0 Å². The molecule has 0 aliphatic carbocycles. The van der Waals surface area contributed by atoms with Crippen LogP contribution in [-0.4, -0.2) is 11.7 Å². The number of hydrogen-bond donors (Lipinski definition) is 1. The fraction of sp³-hybridized carbons (Fsp3) is 0.222. The molecule has 3 rings (SSSR count). The highest BCUT2D eigenvalue weighted by Crippen LogP contribution is 2.30. The molecule has 1 heterocycles. The highest BCUT2D eigenvalue weighted by Gasteiger charge is 2.12. The predicted octanol–water partition coefficient (Wildman–Crippen LogP) is 4.71. The van der Waals surface area contributed by atoms with E-state index in [4.69, 9.17) is 4.74 Å². The molecule has 3 aromatic rings. The number of hydrogen-bond acceptors (Lipinski definition) is 3. The molecule has 0 fully saturated rings. The molecule has 0 radical (unpaired) electrons. The molecule has 3 heteroatoms. The number of thiophene rings is 1. The Labute approximate surface area is 128 Å². The van der Waals surface area contributed by atoms with Gasteiger partial charge in [0.25, 0.3) is 0 Å². The van der Waals surface area contributed by atoms with E-state index in [1.165, 1.54) is 15.6 Å². The van der Waals surface area contributed by atoms with Gasteiger partial charge in [-0.25, -0.2) is 0 Å². The second-order valence-electron chi connectivity index (χ2n) is 5.16. The van der Waals surface area contributed by atoms with E-state index in [1.54, 1.807) is 11.3 Å². The van der Waals surface area contributed by atoms with E-state index in [1.807, 2.05) is 43.3 Å². The minimum atomic E-state index is -0.489. The van der Waals surface area contributed by atoms with Crippen molar-refractivity contribution in [2.45, 2.75) is 19.4 Å². The highest BCUT2D eigenvalue weighted by atomic mass is 32.1. The summed E-state index contributed by atoms with van der Waals surface area (Å²) in [7, 11) is 0. The maximum absolute atomic E-state index is 10.4. The average Bonchev–Trinajstić information content (AvgIpc) is 2.95. The van der Waals surface area contributed by atoms with Crippen LogP contribution in [0.15, 0.2) is 53.9 Å². The quantitative estimate of drug-likeness (QED) is 0.739. The Kier molecular flexibility index (Phi) is 4.23. The summed E-state index contributed by atoms with van der Waals surface area (Å²) in [5, 5.41) is 13.6. The molecule has 21 heavy (non-hydrogen) atoms. The fourth-order valence-electron chi connectivity index (χ4n) is 2.43. The average molecular weight is 298 g/mol. The first-order chi connectivity index (χ1) is 10.2. The van der Waals surface area contributed by atoms with Gasteiger partial charge >= 0.3 is 0 Å². The molecule has 1 atom stereocenters. The summed E-state index contributed by atoms with van der Waals surface area (Å²) in [6, 6.07) is 16.1. The molecule has 1 unspecified atom stereocenters. The summed E-state index contributed by atoms with van der Waals surface area (Å²) in [5.74, 6) is 0.858. The lowest BCUT2D eigenvalue weighted by molar-refractivity contribution is 0.142. The molecule has 0 aliphatic heterocycles. The number of aliphatic hydroxyl groups is 1.